The minimum atomic E-state index is -0.493. The summed E-state index contributed by atoms with van der Waals surface area (Å²) in [5.74, 6) is 0. The van der Waals surface area contributed by atoms with Gasteiger partial charge in [0.25, 0.3) is 0 Å². The SMILES string of the molecule is c1ccc(-c2cccc(-c3cccc(N(c4ccc(C5(c6ccccc6)c6ccccc6-c6ccccc65)cc4)c4ccc5c(c4)-c4ccccc4C5(c4ccccc4)c4ccccc4)c3)c2)cc#1. The number of nitrogens with zero attached hydrogens (tertiary/aromatic N) is 1. The van der Waals surface area contributed by atoms with Crippen molar-refractivity contribution in [2.45, 2.75) is 10.8 Å². The Morgan fingerprint density at radius 2 is 0.681 bits per heavy atom. The maximum absolute atomic E-state index is 3.14. The number of hydrogen-bond acceptors (Lipinski definition) is 1. The zero-order valence-electron chi connectivity index (χ0n) is 37.9. The van der Waals surface area contributed by atoms with Gasteiger partial charge in [0, 0.05) is 17.1 Å². The van der Waals surface area contributed by atoms with Crippen LogP contribution in [0, 0.1) is 12.1 Å². The molecule has 0 bridgehead atoms. The van der Waals surface area contributed by atoms with E-state index in [1.165, 1.54) is 66.8 Å². The van der Waals surface area contributed by atoms with Crippen molar-refractivity contribution in [1.82, 2.24) is 0 Å². The molecule has 2 aliphatic rings. The van der Waals surface area contributed by atoms with Crippen LogP contribution < -0.4 is 4.90 Å². The molecule has 322 valence electrons. The van der Waals surface area contributed by atoms with Crippen LogP contribution in [0.1, 0.15) is 44.5 Å². The lowest BCUT2D eigenvalue weighted by molar-refractivity contribution is 0.768. The van der Waals surface area contributed by atoms with Crippen molar-refractivity contribution in [3.63, 3.8) is 0 Å². The molecular weight excluding hydrogens is 831 g/mol. The quantitative estimate of drug-likeness (QED) is 0.140. The van der Waals surface area contributed by atoms with Crippen LogP contribution in [0.3, 0.4) is 0 Å². The highest BCUT2D eigenvalue weighted by Crippen LogP contribution is 2.58. The monoisotopic (exact) mass is 875 g/mol. The topological polar surface area (TPSA) is 3.24 Å². The largest absolute Gasteiger partial charge is 0.310 e. The molecule has 0 N–H and O–H groups in total. The summed E-state index contributed by atoms with van der Waals surface area (Å²) in [4.78, 5) is 2.44. The Balaban J connectivity index is 1.01. The molecule has 0 atom stereocenters. The third kappa shape index (κ3) is 6.27. The van der Waals surface area contributed by atoms with Gasteiger partial charge in [0.15, 0.2) is 0 Å². The van der Waals surface area contributed by atoms with Gasteiger partial charge in [-0.05, 0) is 150 Å². The lowest BCUT2D eigenvalue weighted by atomic mass is 9.67. The van der Waals surface area contributed by atoms with E-state index in [1.54, 1.807) is 0 Å². The average Bonchev–Trinajstić information content (AvgIpc) is 3.91. The Bertz CT molecular complexity index is 3570. The van der Waals surface area contributed by atoms with Gasteiger partial charge in [0.05, 0.1) is 10.8 Å². The van der Waals surface area contributed by atoms with Crippen molar-refractivity contribution < 1.29 is 0 Å². The van der Waals surface area contributed by atoms with E-state index in [0.29, 0.717) is 0 Å². The fraction of sp³-hybridized carbons (Fsp3) is 0.0294. The third-order valence-corrected chi connectivity index (χ3v) is 14.7. The first kappa shape index (κ1) is 40.3. The maximum Gasteiger partial charge on any atom is 0.0713 e. The molecule has 0 aromatic heterocycles. The first-order chi connectivity index (χ1) is 34.2. The maximum atomic E-state index is 3.14. The minimum Gasteiger partial charge on any atom is -0.310 e. The van der Waals surface area contributed by atoms with Crippen molar-refractivity contribution in [2.24, 2.45) is 0 Å². The minimum absolute atomic E-state index is 0.488. The number of hydrogen-bond donors (Lipinski definition) is 0. The van der Waals surface area contributed by atoms with Crippen LogP contribution in [0.5, 0.6) is 0 Å². The summed E-state index contributed by atoms with van der Waals surface area (Å²) < 4.78 is 0. The molecule has 2 aliphatic carbocycles. The number of anilines is 3. The molecule has 1 nitrogen and oxygen atoms in total. The number of fused-ring (bicyclic) bond motifs is 6. The zero-order valence-corrected chi connectivity index (χ0v) is 37.9. The van der Waals surface area contributed by atoms with Crippen LogP contribution in [0.15, 0.2) is 273 Å². The Kier molecular flexibility index (Phi) is 9.60. The molecule has 11 aromatic carbocycles. The lowest BCUT2D eigenvalue weighted by Crippen LogP contribution is -2.28. The van der Waals surface area contributed by atoms with Crippen molar-refractivity contribution in [3.8, 4) is 44.5 Å². The molecule has 13 rings (SSSR count). The molecule has 11 aromatic rings. The summed E-state index contributed by atoms with van der Waals surface area (Å²) in [6.45, 7) is 0. The molecule has 0 unspecified atom stereocenters. The smallest absolute Gasteiger partial charge is 0.0713 e. The Morgan fingerprint density at radius 3 is 1.22 bits per heavy atom. The molecule has 0 amide bonds. The van der Waals surface area contributed by atoms with Crippen LogP contribution in [0.2, 0.25) is 0 Å². The van der Waals surface area contributed by atoms with Crippen molar-refractivity contribution in [1.29, 1.82) is 0 Å². The summed E-state index contributed by atoms with van der Waals surface area (Å²) in [6, 6.07) is 107. The standard InChI is InChI=1S/C68H45N/c1-5-21-48(22-6-1)49-23-19-24-50(45-49)51-25-20-32-57(46-51)69(56-41-39-55(40-42-56)68(54-30-11-4-12-31-54)63-36-16-13-33-59(63)60-34-14-17-37-64(60)68)58-43-44-66-62(47-58)61-35-15-18-38-65(61)67(66,52-26-7-2-8-27-52)53-28-9-3-10-29-53/h2-5,7-47H. The predicted molar refractivity (Wildman–Crippen MR) is 284 cm³/mol. The van der Waals surface area contributed by atoms with E-state index >= 15 is 0 Å². The number of benzene rings is 10. The second-order valence-corrected chi connectivity index (χ2v) is 18.2. The van der Waals surface area contributed by atoms with Crippen LogP contribution in [-0.4, -0.2) is 0 Å². The summed E-state index contributed by atoms with van der Waals surface area (Å²) in [7, 11) is 0. The van der Waals surface area contributed by atoms with Gasteiger partial charge in [-0.15, -0.1) is 0 Å². The van der Waals surface area contributed by atoms with Gasteiger partial charge in [-0.25, -0.2) is 0 Å². The fourth-order valence-corrected chi connectivity index (χ4v) is 11.8. The van der Waals surface area contributed by atoms with Crippen molar-refractivity contribution >= 4 is 17.1 Å². The molecule has 1 heteroatoms. The van der Waals surface area contributed by atoms with Crippen LogP contribution in [0.25, 0.3) is 44.5 Å². The van der Waals surface area contributed by atoms with Crippen LogP contribution in [-0.2, 0) is 10.8 Å². The van der Waals surface area contributed by atoms with Gasteiger partial charge in [0.2, 0.25) is 0 Å². The van der Waals surface area contributed by atoms with Gasteiger partial charge >= 0.3 is 0 Å². The summed E-state index contributed by atoms with van der Waals surface area (Å²) in [5.41, 5.74) is 22.1. The number of rotatable bonds is 9. The van der Waals surface area contributed by atoms with Gasteiger partial charge in [-0.3, -0.25) is 0 Å². The van der Waals surface area contributed by atoms with Crippen LogP contribution in [0.4, 0.5) is 17.1 Å². The molecule has 0 aliphatic heterocycles. The van der Waals surface area contributed by atoms with E-state index in [-0.39, 0.29) is 0 Å². The van der Waals surface area contributed by atoms with Gasteiger partial charge < -0.3 is 4.90 Å². The third-order valence-electron chi connectivity index (χ3n) is 14.7. The molecule has 0 heterocycles. The Hall–Kier alpha value is -8.96. The van der Waals surface area contributed by atoms with E-state index in [9.17, 15) is 0 Å². The molecular formula is C68H45N. The highest BCUT2D eigenvalue weighted by Gasteiger charge is 2.47. The highest BCUT2D eigenvalue weighted by molar-refractivity contribution is 5.91. The molecule has 0 saturated carbocycles. The lowest BCUT2D eigenvalue weighted by Gasteiger charge is -2.35. The highest BCUT2D eigenvalue weighted by atomic mass is 15.1. The first-order valence-electron chi connectivity index (χ1n) is 23.8. The molecule has 0 fully saturated rings. The van der Waals surface area contributed by atoms with Crippen molar-refractivity contribution in [3.05, 3.63) is 330 Å². The molecule has 0 spiro atoms. The molecule has 69 heavy (non-hydrogen) atoms. The molecule has 0 saturated heterocycles. The summed E-state index contributed by atoms with van der Waals surface area (Å²) in [6.07, 6.45) is 0. The molecule has 0 radical (unpaired) electrons. The Morgan fingerprint density at radius 1 is 0.261 bits per heavy atom. The first-order valence-corrected chi connectivity index (χ1v) is 23.8. The van der Waals surface area contributed by atoms with Gasteiger partial charge in [-0.1, -0.05) is 224 Å². The van der Waals surface area contributed by atoms with E-state index in [4.69, 9.17) is 0 Å². The van der Waals surface area contributed by atoms with Crippen LogP contribution >= 0.6 is 0 Å². The van der Waals surface area contributed by atoms with Crippen molar-refractivity contribution in [2.75, 3.05) is 4.90 Å². The normalized spacial score (nSPS) is 13.3. The van der Waals surface area contributed by atoms with E-state index in [1.807, 2.05) is 12.1 Å². The zero-order chi connectivity index (χ0) is 45.8. The second-order valence-electron chi connectivity index (χ2n) is 18.2. The fourth-order valence-electron chi connectivity index (χ4n) is 11.8. The summed E-state index contributed by atoms with van der Waals surface area (Å²) in [5, 5.41) is 0. The Labute approximate surface area is 404 Å². The second kappa shape index (κ2) is 16.4. The average molecular weight is 876 g/mol. The van der Waals surface area contributed by atoms with E-state index < -0.39 is 10.8 Å². The van der Waals surface area contributed by atoms with Gasteiger partial charge in [-0.2, -0.15) is 0 Å². The van der Waals surface area contributed by atoms with E-state index in [0.717, 1.165) is 39.3 Å². The van der Waals surface area contributed by atoms with E-state index in [2.05, 4.69) is 278 Å². The van der Waals surface area contributed by atoms with Gasteiger partial charge in [0.1, 0.15) is 0 Å². The predicted octanol–water partition coefficient (Wildman–Crippen LogP) is 16.8. The summed E-state index contributed by atoms with van der Waals surface area (Å²) >= 11 is 0.